The highest BCUT2D eigenvalue weighted by Gasteiger charge is 2.15. The van der Waals surface area contributed by atoms with Crippen molar-refractivity contribution in [1.82, 2.24) is 10.2 Å². The van der Waals surface area contributed by atoms with Gasteiger partial charge < -0.3 is 19.7 Å². The third kappa shape index (κ3) is 6.71. The molecule has 0 spiro atoms. The van der Waals surface area contributed by atoms with E-state index < -0.39 is 0 Å². The number of ether oxygens (including phenoxy) is 2. The molecule has 144 valence electrons. The van der Waals surface area contributed by atoms with Crippen molar-refractivity contribution in [3.63, 3.8) is 0 Å². The van der Waals surface area contributed by atoms with Crippen LogP contribution < -0.4 is 14.8 Å². The van der Waals surface area contributed by atoms with Crippen LogP contribution in [0.4, 0.5) is 0 Å². The molecule has 2 rings (SSSR count). The first-order chi connectivity index (χ1) is 12.6. The molecule has 0 aromatic heterocycles. The van der Waals surface area contributed by atoms with Gasteiger partial charge in [0.25, 0.3) is 0 Å². The lowest BCUT2D eigenvalue weighted by atomic mass is 10.0. The smallest absolute Gasteiger partial charge is 0.243 e. The van der Waals surface area contributed by atoms with Gasteiger partial charge in [0.2, 0.25) is 5.91 Å². The van der Waals surface area contributed by atoms with Crippen LogP contribution in [0.15, 0.2) is 24.3 Å². The molecule has 0 radical (unpaired) electrons. The molecule has 0 aliphatic carbocycles. The molecule has 1 fully saturated rings. The fourth-order valence-electron chi connectivity index (χ4n) is 3.30. The Morgan fingerprint density at radius 3 is 2.96 bits per heavy atom. The zero-order valence-corrected chi connectivity index (χ0v) is 16.3. The van der Waals surface area contributed by atoms with Crippen LogP contribution in [-0.4, -0.2) is 50.7 Å². The molecule has 1 amide bonds. The number of amides is 1. The van der Waals surface area contributed by atoms with Gasteiger partial charge >= 0.3 is 0 Å². The second-order valence-corrected chi connectivity index (χ2v) is 6.87. The van der Waals surface area contributed by atoms with Crippen LogP contribution >= 0.6 is 0 Å². The predicted molar refractivity (Wildman–Crippen MR) is 106 cm³/mol. The van der Waals surface area contributed by atoms with Gasteiger partial charge in [-0.1, -0.05) is 13.0 Å². The van der Waals surface area contributed by atoms with E-state index in [1.807, 2.05) is 25.1 Å². The maximum Gasteiger partial charge on any atom is 0.243 e. The van der Waals surface area contributed by atoms with Gasteiger partial charge in [-0.05, 0) is 69.0 Å². The number of hydrogen-bond donors (Lipinski definition) is 1. The van der Waals surface area contributed by atoms with Crippen LogP contribution in [0.25, 0.3) is 6.08 Å². The molecule has 1 aromatic rings. The van der Waals surface area contributed by atoms with Crippen molar-refractivity contribution in [1.29, 1.82) is 0 Å². The molecule has 5 heteroatoms. The Bertz CT molecular complexity index is 601. The van der Waals surface area contributed by atoms with E-state index in [1.165, 1.54) is 25.9 Å². The normalized spacial score (nSPS) is 18.0. The number of piperidine rings is 1. The first-order valence-electron chi connectivity index (χ1n) is 9.61. The summed E-state index contributed by atoms with van der Waals surface area (Å²) in [4.78, 5) is 14.5. The molecule has 26 heavy (non-hydrogen) atoms. The maximum absolute atomic E-state index is 12.0. The Balaban J connectivity index is 1.74. The van der Waals surface area contributed by atoms with E-state index in [9.17, 15) is 4.79 Å². The fraction of sp³-hybridized carbons (Fsp3) is 0.571. The van der Waals surface area contributed by atoms with Gasteiger partial charge in [-0.3, -0.25) is 4.79 Å². The Kier molecular flexibility index (Phi) is 8.48. The van der Waals surface area contributed by atoms with Gasteiger partial charge in [-0.25, -0.2) is 0 Å². The van der Waals surface area contributed by atoms with Crippen molar-refractivity contribution in [2.45, 2.75) is 33.1 Å². The van der Waals surface area contributed by atoms with E-state index in [1.54, 1.807) is 19.3 Å². The minimum atomic E-state index is -0.0641. The molecule has 1 aromatic carbocycles. The quantitative estimate of drug-likeness (QED) is 0.542. The van der Waals surface area contributed by atoms with Gasteiger partial charge in [0, 0.05) is 19.2 Å². The number of carbonyl (C=O) groups excluding carboxylic acids is 1. The minimum Gasteiger partial charge on any atom is -0.493 e. The number of rotatable bonds is 9. The van der Waals surface area contributed by atoms with Crippen molar-refractivity contribution < 1.29 is 14.3 Å². The van der Waals surface area contributed by atoms with E-state index in [-0.39, 0.29) is 5.91 Å². The number of carbonyl (C=O) groups is 1. The average molecular weight is 360 g/mol. The van der Waals surface area contributed by atoms with Crippen LogP contribution in [0.2, 0.25) is 0 Å². The molecule has 1 atom stereocenters. The lowest BCUT2D eigenvalue weighted by Gasteiger charge is -2.30. The second-order valence-electron chi connectivity index (χ2n) is 6.87. The monoisotopic (exact) mass is 360 g/mol. The Hall–Kier alpha value is -2.01. The fourth-order valence-corrected chi connectivity index (χ4v) is 3.30. The Labute approximate surface area is 157 Å². The number of nitrogens with one attached hydrogen (secondary N) is 1. The van der Waals surface area contributed by atoms with Crippen molar-refractivity contribution in [3.05, 3.63) is 29.8 Å². The standard InChI is InChI=1S/C21H32N2O3/c1-4-26-20-15-18(8-10-19(20)25-3)9-11-21(24)22-12-6-14-23-13-5-7-17(2)16-23/h8-11,15,17H,4-7,12-14,16H2,1-3H3,(H,22,24)/b11-9+. The van der Waals surface area contributed by atoms with E-state index in [2.05, 4.69) is 17.1 Å². The van der Waals surface area contributed by atoms with E-state index in [0.717, 1.165) is 24.4 Å². The van der Waals surface area contributed by atoms with Gasteiger partial charge in [0.05, 0.1) is 13.7 Å². The molecule has 1 heterocycles. The topological polar surface area (TPSA) is 50.8 Å². The highest BCUT2D eigenvalue weighted by Crippen LogP contribution is 2.28. The van der Waals surface area contributed by atoms with Gasteiger partial charge in [-0.15, -0.1) is 0 Å². The number of hydrogen-bond acceptors (Lipinski definition) is 4. The molecule has 1 N–H and O–H groups in total. The summed E-state index contributed by atoms with van der Waals surface area (Å²) in [6.07, 6.45) is 6.99. The number of likely N-dealkylation sites (tertiary alicyclic amines) is 1. The summed E-state index contributed by atoms with van der Waals surface area (Å²) in [5, 5.41) is 2.96. The van der Waals surface area contributed by atoms with Crippen LogP contribution in [0.5, 0.6) is 11.5 Å². The van der Waals surface area contributed by atoms with Gasteiger partial charge in [0.1, 0.15) is 0 Å². The SMILES string of the molecule is CCOc1cc(/C=C/C(=O)NCCCN2CCCC(C)C2)ccc1OC. The highest BCUT2D eigenvalue weighted by molar-refractivity contribution is 5.91. The summed E-state index contributed by atoms with van der Waals surface area (Å²) in [5.74, 6) is 2.12. The Morgan fingerprint density at radius 1 is 1.38 bits per heavy atom. The molecule has 1 aliphatic rings. The van der Waals surface area contributed by atoms with Crippen LogP contribution in [0, 0.1) is 5.92 Å². The predicted octanol–water partition coefficient (Wildman–Crippen LogP) is 3.35. The molecule has 0 saturated carbocycles. The first kappa shape index (κ1) is 20.3. The number of nitrogens with zero attached hydrogens (tertiary/aromatic N) is 1. The maximum atomic E-state index is 12.0. The molecular formula is C21H32N2O3. The van der Waals surface area contributed by atoms with Crippen molar-refractivity contribution >= 4 is 12.0 Å². The molecule has 1 saturated heterocycles. The van der Waals surface area contributed by atoms with E-state index >= 15 is 0 Å². The minimum absolute atomic E-state index is 0.0641. The zero-order valence-electron chi connectivity index (χ0n) is 16.3. The zero-order chi connectivity index (χ0) is 18.8. The summed E-state index contributed by atoms with van der Waals surface area (Å²) >= 11 is 0. The summed E-state index contributed by atoms with van der Waals surface area (Å²) in [7, 11) is 1.62. The van der Waals surface area contributed by atoms with Crippen LogP contribution in [0.3, 0.4) is 0 Å². The summed E-state index contributed by atoms with van der Waals surface area (Å²) in [5.41, 5.74) is 0.909. The molecule has 1 aliphatic heterocycles. The summed E-state index contributed by atoms with van der Waals surface area (Å²) in [6, 6.07) is 5.63. The van der Waals surface area contributed by atoms with Crippen molar-refractivity contribution in [2.75, 3.05) is 39.9 Å². The first-order valence-corrected chi connectivity index (χ1v) is 9.61. The lowest BCUT2D eigenvalue weighted by molar-refractivity contribution is -0.116. The van der Waals surface area contributed by atoms with Crippen molar-refractivity contribution in [2.24, 2.45) is 5.92 Å². The second kappa shape index (κ2) is 10.9. The number of methoxy groups -OCH3 is 1. The van der Waals surface area contributed by atoms with Gasteiger partial charge in [-0.2, -0.15) is 0 Å². The third-order valence-electron chi connectivity index (χ3n) is 4.61. The summed E-state index contributed by atoms with van der Waals surface area (Å²) < 4.78 is 10.8. The average Bonchev–Trinajstić information content (AvgIpc) is 2.64. The van der Waals surface area contributed by atoms with E-state index in [0.29, 0.717) is 24.7 Å². The number of benzene rings is 1. The molecule has 5 nitrogen and oxygen atoms in total. The summed E-state index contributed by atoms with van der Waals surface area (Å²) in [6.45, 7) is 8.96. The van der Waals surface area contributed by atoms with Crippen LogP contribution in [0.1, 0.15) is 38.7 Å². The molecule has 1 unspecified atom stereocenters. The Morgan fingerprint density at radius 2 is 2.23 bits per heavy atom. The van der Waals surface area contributed by atoms with Crippen molar-refractivity contribution in [3.8, 4) is 11.5 Å². The third-order valence-corrected chi connectivity index (χ3v) is 4.61. The molecule has 0 bridgehead atoms. The van der Waals surface area contributed by atoms with Gasteiger partial charge in [0.15, 0.2) is 11.5 Å². The van der Waals surface area contributed by atoms with Crippen LogP contribution in [-0.2, 0) is 4.79 Å². The molecular weight excluding hydrogens is 328 g/mol. The largest absolute Gasteiger partial charge is 0.493 e. The van der Waals surface area contributed by atoms with E-state index in [4.69, 9.17) is 9.47 Å². The highest BCUT2D eigenvalue weighted by atomic mass is 16.5. The lowest BCUT2D eigenvalue weighted by Crippen LogP contribution is -2.36.